The van der Waals surface area contributed by atoms with Gasteiger partial charge in [-0.25, -0.2) is 13.2 Å². The van der Waals surface area contributed by atoms with Crippen LogP contribution in [0.1, 0.15) is 30.5 Å². The van der Waals surface area contributed by atoms with Gasteiger partial charge in [-0.2, -0.15) is 5.26 Å². The van der Waals surface area contributed by atoms with Gasteiger partial charge in [0.05, 0.1) is 16.5 Å². The number of hydrogen-bond acceptors (Lipinski definition) is 2. The smallest absolute Gasteiger partial charge is 0.262 e. The van der Waals surface area contributed by atoms with Crippen molar-refractivity contribution in [2.24, 2.45) is 5.92 Å². The van der Waals surface area contributed by atoms with E-state index in [4.69, 9.17) is 5.26 Å². The highest BCUT2D eigenvalue weighted by molar-refractivity contribution is 9.10. The summed E-state index contributed by atoms with van der Waals surface area (Å²) >= 11 is 3.11. The van der Waals surface area contributed by atoms with Crippen LogP contribution in [0.4, 0.5) is 13.2 Å². The van der Waals surface area contributed by atoms with Crippen LogP contribution >= 0.6 is 15.9 Å². The standard InChI is InChI=1S/C16H13BrF3N3O/c17-12-4-14-10(3-13(12)18)11(15(16(19)20)22-7-24)6-23(14)9-1-8(2-9)5-21/h3-4,6-9,15-16H,1-2H2,(H,22,24)/t8?,9?,15-/m0/s1. The Balaban J connectivity index is 2.14. The number of nitrogens with zero attached hydrogens (tertiary/aromatic N) is 2. The zero-order valence-corrected chi connectivity index (χ0v) is 13.9. The van der Waals surface area contributed by atoms with E-state index >= 15 is 0 Å². The fourth-order valence-electron chi connectivity index (χ4n) is 3.11. The molecule has 1 aliphatic carbocycles. The summed E-state index contributed by atoms with van der Waals surface area (Å²) in [6.07, 6.45) is 0.158. The number of amides is 1. The van der Waals surface area contributed by atoms with Crippen molar-refractivity contribution in [3.63, 3.8) is 0 Å². The molecule has 1 aromatic carbocycles. The van der Waals surface area contributed by atoms with Gasteiger partial charge in [-0.05, 0) is 40.9 Å². The van der Waals surface area contributed by atoms with Gasteiger partial charge in [0.15, 0.2) is 0 Å². The lowest BCUT2D eigenvalue weighted by Gasteiger charge is -2.32. The SMILES string of the molecule is N#CC1CC(n2cc([C@H](NC=O)C(F)F)c3cc(F)c(Br)cc32)C1. The summed E-state index contributed by atoms with van der Waals surface area (Å²) < 4.78 is 42.6. The van der Waals surface area contributed by atoms with Crippen LogP contribution in [0, 0.1) is 23.1 Å². The summed E-state index contributed by atoms with van der Waals surface area (Å²) in [5.41, 5.74) is 0.761. The Bertz CT molecular complexity index is 824. The van der Waals surface area contributed by atoms with E-state index in [1.807, 2.05) is 0 Å². The predicted octanol–water partition coefficient (Wildman–Crippen LogP) is 4.07. The third kappa shape index (κ3) is 2.77. The molecule has 1 fully saturated rings. The van der Waals surface area contributed by atoms with Crippen molar-refractivity contribution in [3.8, 4) is 6.07 Å². The molecule has 0 unspecified atom stereocenters. The van der Waals surface area contributed by atoms with Crippen LogP contribution in [0.3, 0.4) is 0 Å². The molecule has 1 aliphatic rings. The molecular weight excluding hydrogens is 387 g/mol. The number of nitriles is 1. The summed E-state index contributed by atoms with van der Waals surface area (Å²) in [6, 6.07) is 3.39. The van der Waals surface area contributed by atoms with Gasteiger partial charge >= 0.3 is 0 Å². The Morgan fingerprint density at radius 3 is 2.71 bits per heavy atom. The molecular formula is C16H13BrF3N3O. The third-order valence-electron chi connectivity index (χ3n) is 4.43. The molecule has 2 aromatic rings. The van der Waals surface area contributed by atoms with E-state index in [9.17, 15) is 18.0 Å². The van der Waals surface area contributed by atoms with E-state index < -0.39 is 18.3 Å². The second kappa shape index (κ2) is 6.48. The van der Waals surface area contributed by atoms with E-state index in [1.165, 1.54) is 18.3 Å². The summed E-state index contributed by atoms with van der Waals surface area (Å²) in [4.78, 5) is 10.7. The monoisotopic (exact) mass is 399 g/mol. The first-order valence-corrected chi connectivity index (χ1v) is 8.12. The molecule has 1 heterocycles. The number of carbonyl (C=O) groups is 1. The molecule has 0 saturated heterocycles. The van der Waals surface area contributed by atoms with E-state index in [-0.39, 0.29) is 28.4 Å². The summed E-state index contributed by atoms with van der Waals surface area (Å²) in [5.74, 6) is -0.622. The number of benzene rings is 1. The Hall–Kier alpha value is -2.01. The van der Waals surface area contributed by atoms with Crippen molar-refractivity contribution in [2.75, 3.05) is 0 Å². The molecule has 1 atom stereocenters. The van der Waals surface area contributed by atoms with Gasteiger partial charge in [0.2, 0.25) is 6.41 Å². The molecule has 8 heteroatoms. The molecule has 0 aliphatic heterocycles. The molecule has 1 aromatic heterocycles. The Morgan fingerprint density at radius 2 is 2.12 bits per heavy atom. The number of nitrogens with one attached hydrogen (secondary N) is 1. The van der Waals surface area contributed by atoms with Crippen LogP contribution < -0.4 is 5.32 Å². The van der Waals surface area contributed by atoms with E-state index in [0.717, 1.165) is 0 Å². The lowest BCUT2D eigenvalue weighted by Crippen LogP contribution is -2.27. The van der Waals surface area contributed by atoms with E-state index in [0.29, 0.717) is 23.7 Å². The lowest BCUT2D eigenvalue weighted by molar-refractivity contribution is -0.111. The first-order valence-electron chi connectivity index (χ1n) is 7.33. The van der Waals surface area contributed by atoms with Gasteiger partial charge in [-0.1, -0.05) is 0 Å². The quantitative estimate of drug-likeness (QED) is 0.770. The summed E-state index contributed by atoms with van der Waals surface area (Å²) in [7, 11) is 0. The maximum absolute atomic E-state index is 13.9. The van der Waals surface area contributed by atoms with Crippen molar-refractivity contribution >= 4 is 33.2 Å². The van der Waals surface area contributed by atoms with Crippen molar-refractivity contribution in [1.29, 1.82) is 5.26 Å². The van der Waals surface area contributed by atoms with Crippen LogP contribution in [0.25, 0.3) is 10.9 Å². The zero-order valence-electron chi connectivity index (χ0n) is 12.3. The summed E-state index contributed by atoms with van der Waals surface area (Å²) in [6.45, 7) is 0. The molecule has 1 N–H and O–H groups in total. The van der Waals surface area contributed by atoms with Gasteiger partial charge < -0.3 is 9.88 Å². The van der Waals surface area contributed by atoms with Crippen molar-refractivity contribution < 1.29 is 18.0 Å². The highest BCUT2D eigenvalue weighted by atomic mass is 79.9. The normalized spacial score (nSPS) is 21.3. The van der Waals surface area contributed by atoms with Crippen LogP contribution in [0.5, 0.6) is 0 Å². The maximum atomic E-state index is 13.9. The van der Waals surface area contributed by atoms with Gasteiger partial charge in [-0.3, -0.25) is 4.79 Å². The number of aromatic nitrogens is 1. The molecule has 24 heavy (non-hydrogen) atoms. The van der Waals surface area contributed by atoms with Crippen molar-refractivity contribution in [1.82, 2.24) is 9.88 Å². The predicted molar refractivity (Wildman–Crippen MR) is 84.9 cm³/mol. The van der Waals surface area contributed by atoms with Crippen molar-refractivity contribution in [3.05, 3.63) is 34.2 Å². The van der Waals surface area contributed by atoms with E-state index in [2.05, 4.69) is 27.3 Å². The first-order chi connectivity index (χ1) is 11.5. The average molecular weight is 400 g/mol. The molecule has 4 nitrogen and oxygen atoms in total. The number of fused-ring (bicyclic) bond motifs is 1. The molecule has 3 rings (SSSR count). The molecule has 126 valence electrons. The minimum atomic E-state index is -2.82. The van der Waals surface area contributed by atoms with Gasteiger partial charge in [-0.15, -0.1) is 0 Å². The average Bonchev–Trinajstić information content (AvgIpc) is 2.82. The number of alkyl halides is 2. The van der Waals surface area contributed by atoms with Gasteiger partial charge in [0.1, 0.15) is 11.9 Å². The highest BCUT2D eigenvalue weighted by Gasteiger charge is 2.33. The van der Waals surface area contributed by atoms with Crippen LogP contribution in [-0.2, 0) is 4.79 Å². The molecule has 0 bridgehead atoms. The number of rotatable bonds is 5. The van der Waals surface area contributed by atoms with E-state index in [1.54, 1.807) is 4.57 Å². The van der Waals surface area contributed by atoms with Crippen LogP contribution in [0.15, 0.2) is 22.8 Å². The second-order valence-electron chi connectivity index (χ2n) is 5.82. The molecule has 1 amide bonds. The van der Waals surface area contributed by atoms with Crippen LogP contribution in [-0.4, -0.2) is 17.4 Å². The maximum Gasteiger partial charge on any atom is 0.262 e. The Labute approximate surface area is 144 Å². The molecule has 1 saturated carbocycles. The number of carbonyl (C=O) groups excluding carboxylic acids is 1. The fraction of sp³-hybridized carbons (Fsp3) is 0.375. The minimum absolute atomic E-state index is 0.00202. The highest BCUT2D eigenvalue weighted by Crippen LogP contribution is 2.42. The number of hydrogen-bond donors (Lipinski definition) is 1. The zero-order chi connectivity index (χ0) is 17.4. The Kier molecular flexibility index (Phi) is 4.54. The van der Waals surface area contributed by atoms with Gasteiger partial charge in [0, 0.05) is 28.7 Å². The van der Waals surface area contributed by atoms with Crippen LogP contribution in [0.2, 0.25) is 0 Å². The fourth-order valence-corrected chi connectivity index (χ4v) is 3.44. The van der Waals surface area contributed by atoms with Crippen molar-refractivity contribution in [2.45, 2.75) is 31.4 Å². The third-order valence-corrected chi connectivity index (χ3v) is 5.04. The molecule has 0 radical (unpaired) electrons. The second-order valence-corrected chi connectivity index (χ2v) is 6.68. The lowest BCUT2D eigenvalue weighted by atomic mass is 9.81. The summed E-state index contributed by atoms with van der Waals surface area (Å²) in [5, 5.41) is 11.3. The topological polar surface area (TPSA) is 57.8 Å². The van der Waals surface area contributed by atoms with Gasteiger partial charge in [0.25, 0.3) is 6.43 Å². The number of halogens is 4. The first kappa shape index (κ1) is 16.8. The largest absolute Gasteiger partial charge is 0.346 e. The Morgan fingerprint density at radius 1 is 1.42 bits per heavy atom. The molecule has 0 spiro atoms. The minimum Gasteiger partial charge on any atom is -0.346 e.